The Labute approximate surface area is 252 Å². The van der Waals surface area contributed by atoms with Crippen molar-refractivity contribution in [2.24, 2.45) is 0 Å². The molecule has 0 saturated carbocycles. The Kier molecular flexibility index (Phi) is 8.53. The number of nitrogens with zero attached hydrogens (tertiary/aromatic N) is 2. The third-order valence-corrected chi connectivity index (χ3v) is 7.32. The molecule has 1 atom stereocenters. The number of carbonyl (C=O) groups excluding carboxylic acids is 2. The van der Waals surface area contributed by atoms with Gasteiger partial charge in [-0.3, -0.25) is 14.5 Å². The summed E-state index contributed by atoms with van der Waals surface area (Å²) in [5, 5.41) is 11.7. The molecule has 0 spiro atoms. The van der Waals surface area contributed by atoms with E-state index < -0.39 is 17.7 Å². The van der Waals surface area contributed by atoms with Gasteiger partial charge in [0, 0.05) is 31.0 Å². The molecule has 5 rings (SSSR count). The van der Waals surface area contributed by atoms with Gasteiger partial charge in [0.15, 0.2) is 0 Å². The number of ketones is 1. The summed E-state index contributed by atoms with van der Waals surface area (Å²) < 4.78 is 11.9. The van der Waals surface area contributed by atoms with Crippen LogP contribution in [0.1, 0.15) is 42.1 Å². The van der Waals surface area contributed by atoms with Crippen LogP contribution in [-0.2, 0) is 16.2 Å². The molecule has 1 N–H and O–H groups in total. The molecule has 0 bridgehead atoms. The lowest BCUT2D eigenvalue weighted by molar-refractivity contribution is -0.132. The van der Waals surface area contributed by atoms with Crippen LogP contribution in [0.2, 0.25) is 0 Å². The van der Waals surface area contributed by atoms with Gasteiger partial charge in [-0.2, -0.15) is 0 Å². The van der Waals surface area contributed by atoms with E-state index in [4.69, 9.17) is 9.47 Å². The monoisotopic (exact) mass is 576 g/mol. The zero-order valence-electron chi connectivity index (χ0n) is 25.1. The number of Topliss-reactive ketones (excluding diaryl/α,β-unsaturated/α-hetero) is 1. The first kappa shape index (κ1) is 29.5. The first-order valence-corrected chi connectivity index (χ1v) is 14.3. The van der Waals surface area contributed by atoms with Gasteiger partial charge < -0.3 is 19.5 Å². The van der Waals surface area contributed by atoms with Crippen LogP contribution in [0, 0.1) is 6.92 Å². The molecule has 1 aliphatic rings. The number of rotatable bonds is 9. The lowest BCUT2D eigenvalue weighted by Gasteiger charge is -2.26. The molecule has 1 saturated heterocycles. The number of aliphatic hydroxyl groups excluding tert-OH is 1. The van der Waals surface area contributed by atoms with Crippen molar-refractivity contribution in [3.8, 4) is 11.5 Å². The fourth-order valence-electron chi connectivity index (χ4n) is 5.21. The van der Waals surface area contributed by atoms with Crippen LogP contribution in [0.25, 0.3) is 5.76 Å². The van der Waals surface area contributed by atoms with E-state index in [1.54, 1.807) is 18.2 Å². The third kappa shape index (κ3) is 6.26. The van der Waals surface area contributed by atoms with Gasteiger partial charge in [-0.25, -0.2) is 0 Å². The molecule has 1 unspecified atom stereocenters. The molecule has 220 valence electrons. The minimum atomic E-state index is -0.866. The topological polar surface area (TPSA) is 79.3 Å². The predicted octanol–water partition coefficient (Wildman–Crippen LogP) is 7.05. The van der Waals surface area contributed by atoms with Crippen LogP contribution in [-0.4, -0.2) is 37.0 Å². The highest BCUT2D eigenvalue weighted by atomic mass is 16.5. The third-order valence-electron chi connectivity index (χ3n) is 7.32. The van der Waals surface area contributed by atoms with Crippen molar-refractivity contribution in [2.75, 3.05) is 23.9 Å². The Morgan fingerprint density at radius 1 is 0.907 bits per heavy atom. The second kappa shape index (κ2) is 12.4. The number of hydrogen-bond donors (Lipinski definition) is 1. The lowest BCUT2D eigenvalue weighted by atomic mass is 9.94. The number of carbonyl (C=O) groups is 2. The largest absolute Gasteiger partial charge is 0.507 e. The maximum absolute atomic E-state index is 13.7. The van der Waals surface area contributed by atoms with E-state index in [0.717, 1.165) is 16.8 Å². The molecule has 43 heavy (non-hydrogen) atoms. The zero-order chi connectivity index (χ0) is 30.7. The molecule has 1 heterocycles. The molecule has 7 heteroatoms. The van der Waals surface area contributed by atoms with Gasteiger partial charge in [0.05, 0.1) is 17.7 Å². The van der Waals surface area contributed by atoms with Crippen molar-refractivity contribution in [3.63, 3.8) is 0 Å². The maximum Gasteiger partial charge on any atom is 0.300 e. The maximum atomic E-state index is 13.7. The van der Waals surface area contributed by atoms with Crippen LogP contribution in [0.5, 0.6) is 11.5 Å². The number of aliphatic hydroxyl groups is 1. The molecule has 1 aliphatic heterocycles. The molecular weight excluding hydrogens is 540 g/mol. The minimum absolute atomic E-state index is 0.0146. The van der Waals surface area contributed by atoms with E-state index in [-0.39, 0.29) is 17.4 Å². The van der Waals surface area contributed by atoms with Crippen molar-refractivity contribution >= 4 is 28.8 Å². The summed E-state index contributed by atoms with van der Waals surface area (Å²) in [5.74, 6) is -0.437. The first-order chi connectivity index (χ1) is 20.6. The standard InChI is InChI=1S/C36H36N2O5/c1-23(2)43-30-13-9-12-26(21-30)33-32(35(40)36(41)38(33)29-17-15-28(16-18-29)37(4)5)34(39)27-14-19-31(24(3)20-27)42-22-25-10-7-6-8-11-25/h6-21,23,33,39H,22H2,1-5H3/b34-32+. The van der Waals surface area contributed by atoms with Crippen molar-refractivity contribution in [1.82, 2.24) is 0 Å². The number of aryl methyl sites for hydroxylation is 1. The van der Waals surface area contributed by atoms with Gasteiger partial charge in [0.25, 0.3) is 11.7 Å². The average Bonchev–Trinajstić information content (AvgIpc) is 3.26. The van der Waals surface area contributed by atoms with Crippen LogP contribution >= 0.6 is 0 Å². The van der Waals surface area contributed by atoms with Gasteiger partial charge in [0.2, 0.25) is 0 Å². The number of amides is 1. The lowest BCUT2D eigenvalue weighted by Crippen LogP contribution is -2.29. The second-order valence-electron chi connectivity index (χ2n) is 11.1. The van der Waals surface area contributed by atoms with E-state index in [2.05, 4.69) is 0 Å². The molecule has 4 aromatic carbocycles. The molecule has 1 amide bonds. The molecule has 0 aromatic heterocycles. The number of anilines is 2. The van der Waals surface area contributed by atoms with Crippen molar-refractivity contribution in [3.05, 3.63) is 125 Å². The summed E-state index contributed by atoms with van der Waals surface area (Å²) in [7, 11) is 3.86. The molecule has 0 aliphatic carbocycles. The molecule has 0 radical (unpaired) electrons. The summed E-state index contributed by atoms with van der Waals surface area (Å²) in [6.45, 7) is 6.15. The first-order valence-electron chi connectivity index (χ1n) is 14.3. The number of ether oxygens (including phenoxy) is 2. The Hall–Kier alpha value is -5.04. The predicted molar refractivity (Wildman–Crippen MR) is 170 cm³/mol. The van der Waals surface area contributed by atoms with Gasteiger partial charge in [0.1, 0.15) is 23.9 Å². The summed E-state index contributed by atoms with van der Waals surface area (Å²) in [4.78, 5) is 30.7. The molecule has 7 nitrogen and oxygen atoms in total. The van der Waals surface area contributed by atoms with Gasteiger partial charge in [-0.05, 0) is 92.1 Å². The van der Waals surface area contributed by atoms with Gasteiger partial charge in [-0.15, -0.1) is 0 Å². The number of benzene rings is 4. The van der Waals surface area contributed by atoms with Gasteiger partial charge >= 0.3 is 0 Å². The fraction of sp³-hybridized carbons (Fsp3) is 0.222. The highest BCUT2D eigenvalue weighted by Gasteiger charge is 2.47. The van der Waals surface area contributed by atoms with Gasteiger partial charge in [-0.1, -0.05) is 42.5 Å². The highest BCUT2D eigenvalue weighted by Crippen LogP contribution is 2.43. The van der Waals surface area contributed by atoms with Crippen molar-refractivity contribution in [2.45, 2.75) is 39.5 Å². The smallest absolute Gasteiger partial charge is 0.300 e. The van der Waals surface area contributed by atoms with Crippen LogP contribution in [0.3, 0.4) is 0 Å². The summed E-state index contributed by atoms with van der Waals surface area (Å²) in [5.41, 5.74) is 4.41. The molecule has 1 fully saturated rings. The second-order valence-corrected chi connectivity index (χ2v) is 11.1. The van der Waals surface area contributed by atoms with E-state index in [1.165, 1.54) is 4.90 Å². The normalized spacial score (nSPS) is 16.0. The van der Waals surface area contributed by atoms with Crippen LogP contribution < -0.4 is 19.3 Å². The summed E-state index contributed by atoms with van der Waals surface area (Å²) >= 11 is 0. The zero-order valence-corrected chi connectivity index (χ0v) is 25.1. The van der Waals surface area contributed by atoms with E-state index in [0.29, 0.717) is 34.9 Å². The van der Waals surface area contributed by atoms with E-state index >= 15 is 0 Å². The fourth-order valence-corrected chi connectivity index (χ4v) is 5.21. The summed E-state index contributed by atoms with van der Waals surface area (Å²) in [6, 6.07) is 28.9. The van der Waals surface area contributed by atoms with E-state index in [1.807, 2.05) is 119 Å². The average molecular weight is 577 g/mol. The Morgan fingerprint density at radius 3 is 2.28 bits per heavy atom. The number of hydrogen-bond acceptors (Lipinski definition) is 6. The Bertz CT molecular complexity index is 1660. The highest BCUT2D eigenvalue weighted by molar-refractivity contribution is 6.51. The van der Waals surface area contributed by atoms with E-state index in [9.17, 15) is 14.7 Å². The quantitative estimate of drug-likeness (QED) is 0.131. The van der Waals surface area contributed by atoms with Crippen LogP contribution in [0.15, 0.2) is 103 Å². The Balaban J connectivity index is 1.57. The Morgan fingerprint density at radius 2 is 1.63 bits per heavy atom. The van der Waals surface area contributed by atoms with Crippen molar-refractivity contribution in [1.29, 1.82) is 0 Å². The SMILES string of the molecule is Cc1cc(/C(O)=C2\C(=O)C(=O)N(c3ccc(N(C)C)cc3)C2c2cccc(OC(C)C)c2)ccc1OCc1ccccc1. The van der Waals surface area contributed by atoms with Crippen molar-refractivity contribution < 1.29 is 24.2 Å². The molecular formula is C36H36N2O5. The molecule has 4 aromatic rings. The summed E-state index contributed by atoms with van der Waals surface area (Å²) in [6.07, 6.45) is -0.0641. The van der Waals surface area contributed by atoms with Crippen LogP contribution in [0.4, 0.5) is 11.4 Å². The minimum Gasteiger partial charge on any atom is -0.507 e.